The van der Waals surface area contributed by atoms with E-state index in [2.05, 4.69) is 15.3 Å². The van der Waals surface area contributed by atoms with Gasteiger partial charge in [0.2, 0.25) is 0 Å². The van der Waals surface area contributed by atoms with Gasteiger partial charge in [-0.1, -0.05) is 17.3 Å². The average molecular weight is 238 g/mol. The van der Waals surface area contributed by atoms with Gasteiger partial charge in [-0.3, -0.25) is 9.78 Å². The van der Waals surface area contributed by atoms with Crippen LogP contribution in [0.5, 0.6) is 0 Å². The highest BCUT2D eigenvalue weighted by Gasteiger charge is 2.13. The predicted molar refractivity (Wildman–Crippen MR) is 66.2 cm³/mol. The Morgan fingerprint density at radius 3 is 2.78 bits per heavy atom. The van der Waals surface area contributed by atoms with E-state index in [4.69, 9.17) is 0 Å². The van der Waals surface area contributed by atoms with E-state index >= 15 is 0 Å². The molecule has 0 N–H and O–H groups in total. The van der Waals surface area contributed by atoms with E-state index in [1.165, 1.54) is 4.68 Å². The average Bonchev–Trinajstić information content (AvgIpc) is 2.82. The Balaban J connectivity index is 2.09. The Labute approximate surface area is 103 Å². The number of para-hydroxylation sites is 1. The van der Waals surface area contributed by atoms with Crippen molar-refractivity contribution in [1.82, 2.24) is 20.0 Å². The molecule has 0 atom stereocenters. The maximum absolute atomic E-state index is 12.3. The highest BCUT2D eigenvalue weighted by Crippen LogP contribution is 2.11. The molecule has 0 fully saturated rings. The smallest absolute Gasteiger partial charge is 0.267 e. The fourth-order valence-corrected chi connectivity index (χ4v) is 1.74. The quantitative estimate of drug-likeness (QED) is 0.648. The maximum Gasteiger partial charge on any atom is 0.281 e. The van der Waals surface area contributed by atoms with Gasteiger partial charge in [0.1, 0.15) is 5.52 Å². The van der Waals surface area contributed by atoms with Crippen molar-refractivity contribution in [3.8, 4) is 0 Å². The molecule has 0 radical (unpaired) electrons. The number of rotatable bonds is 1. The Morgan fingerprint density at radius 2 is 2.00 bits per heavy atom. The number of aryl methyl sites for hydroxylation is 1. The third-order valence-electron chi connectivity index (χ3n) is 2.70. The molecule has 0 unspecified atom stereocenters. The summed E-state index contributed by atoms with van der Waals surface area (Å²) in [4.78, 5) is 16.4. The first kappa shape index (κ1) is 10.6. The third-order valence-corrected chi connectivity index (χ3v) is 2.70. The van der Waals surface area contributed by atoms with Crippen molar-refractivity contribution in [3.63, 3.8) is 0 Å². The number of hydrogen-bond acceptors (Lipinski definition) is 4. The molecule has 5 heteroatoms. The molecule has 0 aliphatic carbocycles. The highest BCUT2D eigenvalue weighted by molar-refractivity contribution is 5.99. The van der Waals surface area contributed by atoms with Crippen LogP contribution in [-0.2, 0) is 0 Å². The van der Waals surface area contributed by atoms with Gasteiger partial charge in [-0.2, -0.15) is 4.68 Å². The number of aromatic nitrogens is 4. The Hall–Kier alpha value is -2.56. The van der Waals surface area contributed by atoms with Gasteiger partial charge < -0.3 is 0 Å². The fourth-order valence-electron chi connectivity index (χ4n) is 1.74. The van der Waals surface area contributed by atoms with E-state index in [1.54, 1.807) is 18.3 Å². The van der Waals surface area contributed by atoms with Crippen molar-refractivity contribution in [1.29, 1.82) is 0 Å². The molecule has 3 aromatic rings. The lowest BCUT2D eigenvalue weighted by molar-refractivity contribution is 0.0948. The van der Waals surface area contributed by atoms with Gasteiger partial charge in [0.25, 0.3) is 5.91 Å². The van der Waals surface area contributed by atoms with Crippen LogP contribution in [0.15, 0.2) is 42.6 Å². The summed E-state index contributed by atoms with van der Waals surface area (Å²) in [5, 5.41) is 7.84. The van der Waals surface area contributed by atoms with Gasteiger partial charge in [0, 0.05) is 11.9 Å². The minimum atomic E-state index is -0.226. The van der Waals surface area contributed by atoms with Crippen molar-refractivity contribution < 1.29 is 4.79 Å². The first-order chi connectivity index (χ1) is 8.75. The lowest BCUT2D eigenvalue weighted by Crippen LogP contribution is -2.14. The molecule has 3 rings (SSSR count). The molecule has 5 nitrogen and oxygen atoms in total. The van der Waals surface area contributed by atoms with Crippen LogP contribution in [0.25, 0.3) is 11.0 Å². The molecular weight excluding hydrogens is 228 g/mol. The summed E-state index contributed by atoms with van der Waals surface area (Å²) in [5.74, 6) is -0.226. The lowest BCUT2D eigenvalue weighted by atomic mass is 10.2. The van der Waals surface area contributed by atoms with E-state index in [0.717, 1.165) is 5.69 Å². The molecular formula is C13H10N4O. The number of fused-ring (bicyclic) bond motifs is 1. The normalized spacial score (nSPS) is 10.7. The fraction of sp³-hybridized carbons (Fsp3) is 0.0769. The summed E-state index contributed by atoms with van der Waals surface area (Å²) in [6, 6.07) is 10.9. The first-order valence-corrected chi connectivity index (χ1v) is 5.53. The van der Waals surface area contributed by atoms with Crippen LogP contribution in [0, 0.1) is 6.92 Å². The molecule has 18 heavy (non-hydrogen) atoms. The Bertz CT molecular complexity index is 715. The zero-order valence-electron chi connectivity index (χ0n) is 9.74. The number of carbonyl (C=O) groups is 1. The summed E-state index contributed by atoms with van der Waals surface area (Å²) in [6.45, 7) is 1.87. The van der Waals surface area contributed by atoms with Crippen molar-refractivity contribution >= 4 is 16.9 Å². The molecule has 0 spiro atoms. The van der Waals surface area contributed by atoms with Crippen LogP contribution < -0.4 is 0 Å². The van der Waals surface area contributed by atoms with Gasteiger partial charge in [0.05, 0.1) is 11.1 Å². The van der Waals surface area contributed by atoms with Crippen LogP contribution in [0.3, 0.4) is 0 Å². The molecule has 0 saturated heterocycles. The van der Waals surface area contributed by atoms with E-state index in [9.17, 15) is 4.79 Å². The molecule has 2 heterocycles. The summed E-state index contributed by atoms with van der Waals surface area (Å²) in [6.07, 6.45) is 1.55. The largest absolute Gasteiger partial charge is 0.281 e. The van der Waals surface area contributed by atoms with E-state index in [0.29, 0.717) is 16.6 Å². The second-order valence-corrected chi connectivity index (χ2v) is 3.98. The zero-order chi connectivity index (χ0) is 12.5. The minimum Gasteiger partial charge on any atom is -0.267 e. The van der Waals surface area contributed by atoms with Gasteiger partial charge >= 0.3 is 0 Å². The monoisotopic (exact) mass is 238 g/mol. The number of carbonyl (C=O) groups excluding carboxylic acids is 1. The molecule has 2 aromatic heterocycles. The van der Waals surface area contributed by atoms with Crippen molar-refractivity contribution in [2.75, 3.05) is 0 Å². The SMILES string of the molecule is Cc1ccc(C(=O)n2nnc3ccccc32)cn1. The van der Waals surface area contributed by atoms with Crippen LogP contribution >= 0.6 is 0 Å². The van der Waals surface area contributed by atoms with Crippen LogP contribution in [-0.4, -0.2) is 25.9 Å². The van der Waals surface area contributed by atoms with Crippen molar-refractivity contribution in [2.24, 2.45) is 0 Å². The third kappa shape index (κ3) is 1.66. The second kappa shape index (κ2) is 4.03. The standard InChI is InChI=1S/C13H10N4O/c1-9-6-7-10(8-14-9)13(18)17-12-5-3-2-4-11(12)15-16-17/h2-8H,1H3. The Morgan fingerprint density at radius 1 is 1.17 bits per heavy atom. The maximum atomic E-state index is 12.3. The summed E-state index contributed by atoms with van der Waals surface area (Å²) in [7, 11) is 0. The van der Waals surface area contributed by atoms with Gasteiger partial charge in [0.15, 0.2) is 0 Å². The second-order valence-electron chi connectivity index (χ2n) is 3.98. The molecule has 0 aliphatic rings. The van der Waals surface area contributed by atoms with E-state index in [1.807, 2.05) is 31.2 Å². The lowest BCUT2D eigenvalue weighted by Gasteiger charge is -2.01. The van der Waals surface area contributed by atoms with Crippen LogP contribution in [0.1, 0.15) is 16.1 Å². The number of hydrogen-bond donors (Lipinski definition) is 0. The van der Waals surface area contributed by atoms with E-state index < -0.39 is 0 Å². The topological polar surface area (TPSA) is 60.7 Å². The van der Waals surface area contributed by atoms with Gasteiger partial charge in [-0.25, -0.2) is 0 Å². The van der Waals surface area contributed by atoms with Crippen molar-refractivity contribution in [3.05, 3.63) is 53.9 Å². The highest BCUT2D eigenvalue weighted by atomic mass is 16.2. The summed E-state index contributed by atoms with van der Waals surface area (Å²) in [5.41, 5.74) is 2.76. The Kier molecular flexibility index (Phi) is 2.37. The predicted octanol–water partition coefficient (Wildman–Crippen LogP) is 1.82. The zero-order valence-corrected chi connectivity index (χ0v) is 9.74. The number of nitrogens with zero attached hydrogens (tertiary/aromatic N) is 4. The number of pyridine rings is 1. The molecule has 0 bridgehead atoms. The van der Waals surface area contributed by atoms with Gasteiger partial charge in [-0.15, -0.1) is 5.10 Å². The molecule has 0 aliphatic heterocycles. The summed E-state index contributed by atoms with van der Waals surface area (Å²) < 4.78 is 1.29. The minimum absolute atomic E-state index is 0.226. The van der Waals surface area contributed by atoms with Crippen molar-refractivity contribution in [2.45, 2.75) is 6.92 Å². The number of benzene rings is 1. The molecule has 88 valence electrons. The van der Waals surface area contributed by atoms with Crippen LogP contribution in [0.4, 0.5) is 0 Å². The summed E-state index contributed by atoms with van der Waals surface area (Å²) >= 11 is 0. The first-order valence-electron chi connectivity index (χ1n) is 5.53. The molecule has 1 aromatic carbocycles. The molecule has 0 saturated carbocycles. The van der Waals surface area contributed by atoms with E-state index in [-0.39, 0.29) is 5.91 Å². The van der Waals surface area contributed by atoms with Crippen LogP contribution in [0.2, 0.25) is 0 Å². The molecule has 0 amide bonds. The van der Waals surface area contributed by atoms with Gasteiger partial charge in [-0.05, 0) is 31.2 Å².